The first kappa shape index (κ1) is 15.6. The van der Waals surface area contributed by atoms with E-state index in [9.17, 15) is 4.79 Å². The molecule has 0 amide bonds. The van der Waals surface area contributed by atoms with Gasteiger partial charge in [0.05, 0.1) is 0 Å². The fraction of sp³-hybridized carbons (Fsp3) is 0.417. The summed E-state index contributed by atoms with van der Waals surface area (Å²) in [6, 6.07) is 9.01. The van der Waals surface area contributed by atoms with Gasteiger partial charge in [-0.1, -0.05) is 18.2 Å². The average Bonchev–Trinajstić information content (AvgIpc) is 2.48. The lowest BCUT2D eigenvalue weighted by molar-refractivity contribution is -0.145. The highest BCUT2D eigenvalue weighted by Gasteiger charge is 2.40. The van der Waals surface area contributed by atoms with E-state index < -0.39 is 14.8 Å². The molecule has 0 atom stereocenters. The number of hydrogen-bond acceptors (Lipinski definition) is 6. The van der Waals surface area contributed by atoms with E-state index in [1.54, 1.807) is 12.1 Å². The predicted octanol–water partition coefficient (Wildman–Crippen LogP) is 1.03. The van der Waals surface area contributed by atoms with Crippen LogP contribution < -0.4 is 4.74 Å². The molecule has 0 saturated carbocycles. The number of rotatable bonds is 8. The van der Waals surface area contributed by atoms with Gasteiger partial charge in [0.2, 0.25) is 0 Å². The van der Waals surface area contributed by atoms with Crippen LogP contribution in [0.15, 0.2) is 30.3 Å². The fourth-order valence-electron chi connectivity index (χ4n) is 1.30. The molecule has 0 radical (unpaired) electrons. The van der Waals surface area contributed by atoms with Crippen LogP contribution in [0.1, 0.15) is 0 Å². The first-order valence-corrected chi connectivity index (χ1v) is 7.58. The van der Waals surface area contributed by atoms with Crippen LogP contribution in [0.25, 0.3) is 0 Å². The van der Waals surface area contributed by atoms with Crippen LogP contribution in [0.5, 0.6) is 5.75 Å². The van der Waals surface area contributed by atoms with Crippen molar-refractivity contribution in [3.05, 3.63) is 30.3 Å². The van der Waals surface area contributed by atoms with Crippen molar-refractivity contribution in [2.75, 3.05) is 34.2 Å². The summed E-state index contributed by atoms with van der Waals surface area (Å²) in [6.07, 6.45) is -0.0481. The summed E-state index contributed by atoms with van der Waals surface area (Å²) in [4.78, 5) is 11.5. The van der Waals surface area contributed by atoms with Crippen molar-refractivity contribution in [3.63, 3.8) is 0 Å². The smallest absolute Gasteiger partial charge is 0.482 e. The molecule has 1 aromatic carbocycles. The molecule has 0 aliphatic carbocycles. The highest BCUT2D eigenvalue weighted by molar-refractivity contribution is 6.60. The van der Waals surface area contributed by atoms with Gasteiger partial charge in [0, 0.05) is 21.3 Å². The van der Waals surface area contributed by atoms with Crippen LogP contribution in [0.4, 0.5) is 0 Å². The van der Waals surface area contributed by atoms with E-state index in [2.05, 4.69) is 0 Å². The molecule has 1 rings (SSSR count). The fourth-order valence-corrected chi connectivity index (χ4v) is 2.49. The minimum absolute atomic E-state index is 0.0481. The third kappa shape index (κ3) is 4.99. The van der Waals surface area contributed by atoms with Gasteiger partial charge >= 0.3 is 14.8 Å². The second kappa shape index (κ2) is 7.90. The number of carbonyl (C=O) groups is 1. The summed E-state index contributed by atoms with van der Waals surface area (Å²) in [5.74, 6) is 0.0973. The zero-order valence-corrected chi connectivity index (χ0v) is 12.3. The summed E-state index contributed by atoms with van der Waals surface area (Å²) >= 11 is 0. The summed E-state index contributed by atoms with van der Waals surface area (Å²) < 4.78 is 25.7. The molecular formula is C12H18O6Si. The average molecular weight is 286 g/mol. The largest absolute Gasteiger partial charge is 0.539 e. The molecule has 106 valence electrons. The molecule has 0 fully saturated rings. The number of para-hydroxylation sites is 1. The first-order chi connectivity index (χ1) is 9.15. The second-order valence-electron chi connectivity index (χ2n) is 3.56. The number of esters is 1. The molecule has 0 spiro atoms. The van der Waals surface area contributed by atoms with E-state index in [-0.39, 0.29) is 12.8 Å². The third-order valence-corrected chi connectivity index (χ3v) is 4.81. The molecule has 0 aromatic heterocycles. The third-order valence-electron chi connectivity index (χ3n) is 2.44. The van der Waals surface area contributed by atoms with E-state index in [1.807, 2.05) is 18.2 Å². The summed E-state index contributed by atoms with van der Waals surface area (Å²) in [5.41, 5.74) is 0. The van der Waals surface area contributed by atoms with Gasteiger partial charge in [-0.25, -0.2) is 4.79 Å². The van der Waals surface area contributed by atoms with Crippen molar-refractivity contribution in [2.45, 2.75) is 0 Å². The Bertz CT molecular complexity index is 371. The van der Waals surface area contributed by atoms with Gasteiger partial charge in [-0.2, -0.15) is 0 Å². The van der Waals surface area contributed by atoms with Crippen LogP contribution in [0.2, 0.25) is 0 Å². The van der Waals surface area contributed by atoms with E-state index in [0.29, 0.717) is 5.75 Å². The molecule has 0 unspecified atom stereocenters. The Kier molecular flexibility index (Phi) is 6.50. The van der Waals surface area contributed by atoms with Crippen molar-refractivity contribution in [1.82, 2.24) is 0 Å². The van der Waals surface area contributed by atoms with Gasteiger partial charge in [0.25, 0.3) is 0 Å². The molecule has 6 nitrogen and oxygen atoms in total. The molecule has 0 saturated heterocycles. The number of carbonyl (C=O) groups excluding carboxylic acids is 1. The SMILES string of the molecule is CO[Si](COC(=O)COc1ccccc1)(OC)OC. The molecule has 19 heavy (non-hydrogen) atoms. The van der Waals surface area contributed by atoms with E-state index in [4.69, 9.17) is 22.8 Å². The minimum Gasteiger partial charge on any atom is -0.482 e. The van der Waals surface area contributed by atoms with E-state index in [1.165, 1.54) is 21.3 Å². The lowest BCUT2D eigenvalue weighted by Gasteiger charge is -2.23. The standard InChI is InChI=1S/C12H18O6Si/c1-14-19(15-2,16-3)10-18-12(13)9-17-11-7-5-4-6-8-11/h4-8H,9-10H2,1-3H3. The molecule has 7 heteroatoms. The van der Waals surface area contributed by atoms with Crippen LogP contribution >= 0.6 is 0 Å². The van der Waals surface area contributed by atoms with Crippen molar-refractivity contribution in [2.24, 2.45) is 0 Å². The van der Waals surface area contributed by atoms with Crippen molar-refractivity contribution in [3.8, 4) is 5.75 Å². The second-order valence-corrected chi connectivity index (χ2v) is 6.44. The van der Waals surface area contributed by atoms with Gasteiger partial charge in [0.15, 0.2) is 12.8 Å². The Morgan fingerprint density at radius 1 is 1.05 bits per heavy atom. The Labute approximate surface area is 113 Å². The molecule has 0 heterocycles. The Morgan fingerprint density at radius 2 is 1.63 bits per heavy atom. The van der Waals surface area contributed by atoms with Crippen LogP contribution in [-0.4, -0.2) is 48.9 Å². The Hall–Kier alpha value is -1.41. The summed E-state index contributed by atoms with van der Waals surface area (Å²) in [5, 5.41) is 0. The number of benzene rings is 1. The highest BCUT2D eigenvalue weighted by atomic mass is 28.4. The topological polar surface area (TPSA) is 63.2 Å². The number of hydrogen-bond donors (Lipinski definition) is 0. The number of ether oxygens (including phenoxy) is 2. The molecular weight excluding hydrogens is 268 g/mol. The van der Waals surface area contributed by atoms with Crippen LogP contribution in [0.3, 0.4) is 0 Å². The quantitative estimate of drug-likeness (QED) is 0.525. The molecule has 0 aliphatic heterocycles. The first-order valence-electron chi connectivity index (χ1n) is 5.64. The van der Waals surface area contributed by atoms with E-state index in [0.717, 1.165) is 0 Å². The maximum absolute atomic E-state index is 11.5. The predicted molar refractivity (Wildman–Crippen MR) is 69.7 cm³/mol. The van der Waals surface area contributed by atoms with Crippen LogP contribution in [-0.2, 0) is 22.8 Å². The van der Waals surface area contributed by atoms with Gasteiger partial charge in [-0.05, 0) is 12.1 Å². The Morgan fingerprint density at radius 3 is 2.16 bits per heavy atom. The van der Waals surface area contributed by atoms with Gasteiger partial charge in [-0.15, -0.1) is 0 Å². The van der Waals surface area contributed by atoms with Gasteiger partial charge in [0.1, 0.15) is 5.75 Å². The molecule has 1 aromatic rings. The summed E-state index contributed by atoms with van der Waals surface area (Å²) in [6.45, 7) is -0.175. The normalized spacial score (nSPS) is 11.1. The minimum atomic E-state index is -2.89. The van der Waals surface area contributed by atoms with E-state index >= 15 is 0 Å². The maximum Gasteiger partial charge on any atom is 0.539 e. The van der Waals surface area contributed by atoms with Crippen molar-refractivity contribution < 1.29 is 27.5 Å². The van der Waals surface area contributed by atoms with Gasteiger partial charge < -0.3 is 22.8 Å². The van der Waals surface area contributed by atoms with Crippen molar-refractivity contribution >= 4 is 14.8 Å². The highest BCUT2D eigenvalue weighted by Crippen LogP contribution is 2.09. The maximum atomic E-state index is 11.5. The Balaban J connectivity index is 2.35. The lowest BCUT2D eigenvalue weighted by Crippen LogP contribution is -2.48. The van der Waals surface area contributed by atoms with Crippen molar-refractivity contribution in [1.29, 1.82) is 0 Å². The monoisotopic (exact) mass is 286 g/mol. The van der Waals surface area contributed by atoms with Gasteiger partial charge in [-0.3, -0.25) is 0 Å². The molecule has 0 bridgehead atoms. The summed E-state index contributed by atoms with van der Waals surface area (Å²) in [7, 11) is 1.47. The van der Waals surface area contributed by atoms with Crippen LogP contribution in [0, 0.1) is 0 Å². The lowest BCUT2D eigenvalue weighted by atomic mass is 10.3. The zero-order valence-electron chi connectivity index (χ0n) is 11.3. The molecule has 0 N–H and O–H groups in total. The zero-order chi connectivity index (χ0) is 14.1. The molecule has 0 aliphatic rings.